The second-order valence-electron chi connectivity index (χ2n) is 6.98. The first-order valence-corrected chi connectivity index (χ1v) is 9.00. The quantitative estimate of drug-likeness (QED) is 0.899. The van der Waals surface area contributed by atoms with Crippen LogP contribution in [0.3, 0.4) is 0 Å². The van der Waals surface area contributed by atoms with Crippen LogP contribution in [0, 0.1) is 5.92 Å². The molecule has 1 aliphatic heterocycles. The molecule has 1 N–H and O–H groups in total. The van der Waals surface area contributed by atoms with E-state index in [1.54, 1.807) is 7.11 Å². The first-order chi connectivity index (χ1) is 11.7. The average Bonchev–Trinajstić information content (AvgIpc) is 3.08. The number of nitrogens with zero attached hydrogens (tertiary/aromatic N) is 1. The molecule has 1 aromatic rings. The number of carbonyl (C=O) groups excluding carboxylic acids is 1. The number of carbonyl (C=O) groups is 1. The number of ether oxygens (including phenoxy) is 2. The maximum absolute atomic E-state index is 12.5. The first kappa shape index (κ1) is 17.1. The summed E-state index contributed by atoms with van der Waals surface area (Å²) in [6.07, 6.45) is 6.92. The van der Waals surface area contributed by atoms with Crippen LogP contribution in [0.15, 0.2) is 18.2 Å². The molecule has 3 rings (SSSR count). The molecule has 0 radical (unpaired) electrons. The molecule has 1 atom stereocenters. The Bertz CT molecular complexity index is 570. The molecule has 1 aliphatic carbocycles. The molecule has 132 valence electrons. The van der Waals surface area contributed by atoms with Crippen molar-refractivity contribution >= 4 is 11.6 Å². The van der Waals surface area contributed by atoms with Gasteiger partial charge in [-0.15, -0.1) is 0 Å². The number of amides is 1. The van der Waals surface area contributed by atoms with Gasteiger partial charge in [-0.2, -0.15) is 0 Å². The van der Waals surface area contributed by atoms with Crippen LogP contribution in [0.25, 0.3) is 0 Å². The van der Waals surface area contributed by atoms with Crippen molar-refractivity contribution in [3.63, 3.8) is 0 Å². The second kappa shape index (κ2) is 7.88. The van der Waals surface area contributed by atoms with Gasteiger partial charge in [0.25, 0.3) is 0 Å². The molecule has 1 saturated heterocycles. The molecule has 1 saturated carbocycles. The summed E-state index contributed by atoms with van der Waals surface area (Å²) in [5, 5.41) is 3.05. The lowest BCUT2D eigenvalue weighted by Gasteiger charge is -2.28. The first-order valence-electron chi connectivity index (χ1n) is 9.00. The van der Waals surface area contributed by atoms with Gasteiger partial charge >= 0.3 is 0 Å². The molecule has 5 nitrogen and oxygen atoms in total. The van der Waals surface area contributed by atoms with E-state index in [1.165, 1.54) is 12.8 Å². The molecular formula is C19H28N2O3. The fourth-order valence-electron chi connectivity index (χ4n) is 3.66. The molecular weight excluding hydrogens is 304 g/mol. The zero-order valence-corrected chi connectivity index (χ0v) is 14.7. The number of methoxy groups -OCH3 is 1. The van der Waals surface area contributed by atoms with Crippen LogP contribution in [0.1, 0.15) is 38.5 Å². The molecule has 1 aromatic carbocycles. The van der Waals surface area contributed by atoms with Gasteiger partial charge in [0.05, 0.1) is 19.1 Å². The van der Waals surface area contributed by atoms with Crippen molar-refractivity contribution < 1.29 is 14.3 Å². The minimum absolute atomic E-state index is 0.0602. The molecule has 2 fully saturated rings. The van der Waals surface area contributed by atoms with E-state index in [-0.39, 0.29) is 17.9 Å². The summed E-state index contributed by atoms with van der Waals surface area (Å²) in [7, 11) is 3.72. The van der Waals surface area contributed by atoms with Crippen molar-refractivity contribution in [1.82, 2.24) is 4.90 Å². The van der Waals surface area contributed by atoms with E-state index >= 15 is 0 Å². The fourth-order valence-corrected chi connectivity index (χ4v) is 3.66. The lowest BCUT2D eigenvalue weighted by molar-refractivity contribution is -0.121. The van der Waals surface area contributed by atoms with E-state index in [0.29, 0.717) is 0 Å². The number of nitrogens with one attached hydrogen (secondary N) is 1. The highest BCUT2D eigenvalue weighted by Gasteiger charge is 2.24. The Kier molecular flexibility index (Phi) is 5.61. The van der Waals surface area contributed by atoms with E-state index in [2.05, 4.69) is 17.3 Å². The summed E-state index contributed by atoms with van der Waals surface area (Å²) in [6, 6.07) is 5.64. The number of hydrogen-bond acceptors (Lipinski definition) is 4. The number of benzene rings is 1. The predicted octanol–water partition coefficient (Wildman–Crippen LogP) is 3.30. The molecule has 2 aliphatic rings. The maximum Gasteiger partial charge on any atom is 0.228 e. The molecule has 0 bridgehead atoms. The predicted molar refractivity (Wildman–Crippen MR) is 94.7 cm³/mol. The van der Waals surface area contributed by atoms with E-state index in [4.69, 9.17) is 9.47 Å². The topological polar surface area (TPSA) is 50.8 Å². The van der Waals surface area contributed by atoms with Crippen LogP contribution in [0.5, 0.6) is 11.5 Å². The van der Waals surface area contributed by atoms with Gasteiger partial charge in [-0.3, -0.25) is 4.79 Å². The van der Waals surface area contributed by atoms with Crippen molar-refractivity contribution in [3.8, 4) is 11.5 Å². The van der Waals surface area contributed by atoms with E-state index < -0.39 is 0 Å². The Morgan fingerprint density at radius 3 is 2.67 bits per heavy atom. The van der Waals surface area contributed by atoms with Crippen molar-refractivity contribution in [2.45, 2.75) is 44.6 Å². The number of likely N-dealkylation sites (tertiary alicyclic amines) is 1. The Hall–Kier alpha value is -1.75. The van der Waals surface area contributed by atoms with Crippen LogP contribution in [-0.4, -0.2) is 44.2 Å². The van der Waals surface area contributed by atoms with Crippen LogP contribution < -0.4 is 14.8 Å². The average molecular weight is 332 g/mol. The zero-order chi connectivity index (χ0) is 16.9. The smallest absolute Gasteiger partial charge is 0.228 e. The van der Waals surface area contributed by atoms with Crippen molar-refractivity contribution in [1.29, 1.82) is 0 Å². The monoisotopic (exact) mass is 332 g/mol. The molecule has 1 amide bonds. The summed E-state index contributed by atoms with van der Waals surface area (Å²) < 4.78 is 11.5. The van der Waals surface area contributed by atoms with Gasteiger partial charge < -0.3 is 19.7 Å². The summed E-state index contributed by atoms with van der Waals surface area (Å²) in [5.74, 6) is 1.60. The lowest BCUT2D eigenvalue weighted by atomic mass is 9.97. The Balaban J connectivity index is 1.67. The minimum atomic E-state index is 0.0602. The number of rotatable bonds is 5. The highest BCUT2D eigenvalue weighted by molar-refractivity contribution is 5.93. The molecule has 24 heavy (non-hydrogen) atoms. The Labute approximate surface area is 144 Å². The van der Waals surface area contributed by atoms with Crippen molar-refractivity contribution in [2.75, 3.05) is 32.6 Å². The SMILES string of the molecule is COc1ccc(NC(=O)[C@H]2CCCN(C)C2)cc1OC1CCCC1. The zero-order valence-electron chi connectivity index (χ0n) is 14.7. The van der Waals surface area contributed by atoms with Gasteiger partial charge in [0, 0.05) is 18.3 Å². The second-order valence-corrected chi connectivity index (χ2v) is 6.98. The normalized spacial score (nSPS) is 22.3. The van der Waals surface area contributed by atoms with E-state index in [9.17, 15) is 4.79 Å². The van der Waals surface area contributed by atoms with Gasteiger partial charge in [0.2, 0.25) is 5.91 Å². The summed E-state index contributed by atoms with van der Waals surface area (Å²) in [5.41, 5.74) is 0.780. The third kappa shape index (κ3) is 4.20. The molecule has 0 unspecified atom stereocenters. The Morgan fingerprint density at radius 2 is 1.96 bits per heavy atom. The summed E-state index contributed by atoms with van der Waals surface area (Å²) in [6.45, 7) is 1.90. The van der Waals surface area contributed by atoms with Crippen LogP contribution >= 0.6 is 0 Å². The van der Waals surface area contributed by atoms with Gasteiger partial charge in [-0.25, -0.2) is 0 Å². The number of anilines is 1. The van der Waals surface area contributed by atoms with Crippen molar-refractivity contribution in [2.24, 2.45) is 5.92 Å². The Morgan fingerprint density at radius 1 is 1.17 bits per heavy atom. The van der Waals surface area contributed by atoms with Crippen molar-refractivity contribution in [3.05, 3.63) is 18.2 Å². The van der Waals surface area contributed by atoms with Gasteiger partial charge in [-0.1, -0.05) is 0 Å². The third-order valence-electron chi connectivity index (χ3n) is 5.02. The van der Waals surface area contributed by atoms with Crippen LogP contribution in [0.4, 0.5) is 5.69 Å². The summed E-state index contributed by atoms with van der Waals surface area (Å²) >= 11 is 0. The lowest BCUT2D eigenvalue weighted by Crippen LogP contribution is -2.38. The number of piperidine rings is 1. The molecule has 0 spiro atoms. The standard InChI is InChI=1S/C19H28N2O3/c1-21-11-5-6-14(13-21)19(22)20-15-9-10-17(23-2)18(12-15)24-16-7-3-4-8-16/h9-10,12,14,16H,3-8,11,13H2,1-2H3,(H,20,22)/t14-/m0/s1. The highest BCUT2D eigenvalue weighted by Crippen LogP contribution is 2.34. The van der Waals surface area contributed by atoms with Gasteiger partial charge in [0.15, 0.2) is 11.5 Å². The largest absolute Gasteiger partial charge is 0.493 e. The fraction of sp³-hybridized carbons (Fsp3) is 0.632. The van der Waals surface area contributed by atoms with Gasteiger partial charge in [-0.05, 0) is 64.3 Å². The highest BCUT2D eigenvalue weighted by atomic mass is 16.5. The van der Waals surface area contributed by atoms with E-state index in [1.807, 2.05) is 18.2 Å². The minimum Gasteiger partial charge on any atom is -0.493 e. The molecule has 5 heteroatoms. The third-order valence-corrected chi connectivity index (χ3v) is 5.02. The molecule has 0 aromatic heterocycles. The summed E-state index contributed by atoms with van der Waals surface area (Å²) in [4.78, 5) is 14.7. The number of hydrogen-bond donors (Lipinski definition) is 1. The van der Waals surface area contributed by atoms with E-state index in [0.717, 1.165) is 56.0 Å². The molecule has 1 heterocycles. The van der Waals surface area contributed by atoms with Crippen LogP contribution in [0.2, 0.25) is 0 Å². The van der Waals surface area contributed by atoms with Gasteiger partial charge in [0.1, 0.15) is 0 Å². The maximum atomic E-state index is 12.5. The van der Waals surface area contributed by atoms with Crippen LogP contribution in [-0.2, 0) is 4.79 Å².